The number of para-hydroxylation sites is 1. The zero-order valence-corrected chi connectivity index (χ0v) is 10.5. The van der Waals surface area contributed by atoms with E-state index in [0.29, 0.717) is 16.1 Å². The van der Waals surface area contributed by atoms with Gasteiger partial charge in [-0.05, 0) is 26.0 Å². The highest BCUT2D eigenvalue weighted by atomic mass is 16.2. The summed E-state index contributed by atoms with van der Waals surface area (Å²) in [6.07, 6.45) is 0. The molecule has 0 saturated heterocycles. The lowest BCUT2D eigenvalue weighted by Gasteiger charge is -2.05. The van der Waals surface area contributed by atoms with Crippen LogP contribution >= 0.6 is 0 Å². The Morgan fingerprint density at radius 3 is 2.26 bits per heavy atom. The van der Waals surface area contributed by atoms with Crippen molar-refractivity contribution in [3.63, 3.8) is 0 Å². The highest BCUT2D eigenvalue weighted by molar-refractivity contribution is 5.78. The third kappa shape index (κ3) is 2.44. The van der Waals surface area contributed by atoms with Crippen molar-refractivity contribution in [2.24, 2.45) is 5.10 Å². The van der Waals surface area contributed by atoms with Crippen LogP contribution in [0, 0.1) is 0 Å². The van der Waals surface area contributed by atoms with Crippen LogP contribution in [0.1, 0.15) is 13.8 Å². The van der Waals surface area contributed by atoms with Gasteiger partial charge in [-0.1, -0.05) is 18.2 Å². The molecule has 0 fully saturated rings. The predicted molar refractivity (Wildman–Crippen MR) is 71.1 cm³/mol. The molecule has 2 aromatic rings. The van der Waals surface area contributed by atoms with E-state index in [9.17, 15) is 14.4 Å². The van der Waals surface area contributed by atoms with E-state index in [1.165, 1.54) is 0 Å². The van der Waals surface area contributed by atoms with Gasteiger partial charge in [0.25, 0.3) is 0 Å². The Morgan fingerprint density at radius 2 is 1.68 bits per heavy atom. The average Bonchev–Trinajstić information content (AvgIpc) is 2.35. The molecule has 0 radical (unpaired) electrons. The van der Waals surface area contributed by atoms with Gasteiger partial charge in [0.2, 0.25) is 0 Å². The van der Waals surface area contributed by atoms with Crippen LogP contribution in [0.4, 0.5) is 0 Å². The number of aromatic amines is 1. The Labute approximate surface area is 107 Å². The SMILES string of the molecule is CC(C)=Nn1c(=O)[nH]c(=O)n(-c2ccccc2)c1=O. The maximum atomic E-state index is 12.1. The normalized spacial score (nSPS) is 10.2. The van der Waals surface area contributed by atoms with Crippen molar-refractivity contribution in [2.75, 3.05) is 0 Å². The summed E-state index contributed by atoms with van der Waals surface area (Å²) >= 11 is 0. The second-order valence-electron chi connectivity index (χ2n) is 4.05. The van der Waals surface area contributed by atoms with E-state index in [2.05, 4.69) is 10.1 Å². The van der Waals surface area contributed by atoms with Crippen LogP contribution in [-0.2, 0) is 0 Å². The zero-order valence-electron chi connectivity index (χ0n) is 10.5. The molecule has 1 aromatic heterocycles. The summed E-state index contributed by atoms with van der Waals surface area (Å²) in [6, 6.07) is 8.31. The van der Waals surface area contributed by atoms with Crippen LogP contribution in [0.15, 0.2) is 49.8 Å². The molecule has 1 heterocycles. The molecule has 0 saturated carbocycles. The minimum absolute atomic E-state index is 0.367. The first-order chi connectivity index (χ1) is 9.00. The number of benzene rings is 1. The van der Waals surface area contributed by atoms with Crippen LogP contribution in [0.3, 0.4) is 0 Å². The molecule has 98 valence electrons. The number of rotatable bonds is 2. The fraction of sp³-hybridized carbons (Fsp3) is 0.167. The second kappa shape index (κ2) is 4.89. The maximum absolute atomic E-state index is 12.1. The van der Waals surface area contributed by atoms with Gasteiger partial charge in [0.15, 0.2) is 0 Å². The van der Waals surface area contributed by atoms with Gasteiger partial charge in [-0.2, -0.15) is 5.10 Å². The summed E-state index contributed by atoms with van der Waals surface area (Å²) in [7, 11) is 0. The van der Waals surface area contributed by atoms with Crippen molar-refractivity contribution in [3.05, 3.63) is 61.8 Å². The molecule has 0 unspecified atom stereocenters. The monoisotopic (exact) mass is 260 g/mol. The third-order valence-electron chi connectivity index (χ3n) is 2.30. The Balaban J connectivity index is 2.85. The number of hydrogen-bond donors (Lipinski definition) is 1. The molecule has 0 bridgehead atoms. The molecule has 0 spiro atoms. The molecular weight excluding hydrogens is 248 g/mol. The number of hydrogen-bond acceptors (Lipinski definition) is 4. The fourth-order valence-electron chi connectivity index (χ4n) is 1.56. The fourth-order valence-corrected chi connectivity index (χ4v) is 1.56. The number of aromatic nitrogens is 3. The first-order valence-corrected chi connectivity index (χ1v) is 5.56. The molecule has 7 nitrogen and oxygen atoms in total. The van der Waals surface area contributed by atoms with Gasteiger partial charge in [0.05, 0.1) is 5.69 Å². The van der Waals surface area contributed by atoms with Crippen molar-refractivity contribution in [3.8, 4) is 5.69 Å². The first-order valence-electron chi connectivity index (χ1n) is 5.56. The third-order valence-corrected chi connectivity index (χ3v) is 2.30. The molecule has 0 amide bonds. The van der Waals surface area contributed by atoms with Gasteiger partial charge in [0, 0.05) is 5.71 Å². The average molecular weight is 260 g/mol. The molecular formula is C12H12N4O3. The van der Waals surface area contributed by atoms with Crippen LogP contribution < -0.4 is 17.1 Å². The maximum Gasteiger partial charge on any atom is 0.362 e. The number of nitrogens with zero attached hydrogens (tertiary/aromatic N) is 3. The Hall–Kier alpha value is -2.70. The largest absolute Gasteiger partial charge is 0.362 e. The van der Waals surface area contributed by atoms with Gasteiger partial charge in [-0.15, -0.1) is 4.68 Å². The molecule has 7 heteroatoms. The Kier molecular flexibility index (Phi) is 3.28. The van der Waals surface area contributed by atoms with Crippen LogP contribution in [-0.4, -0.2) is 19.9 Å². The number of nitrogens with one attached hydrogen (secondary N) is 1. The molecule has 1 aromatic carbocycles. The van der Waals surface area contributed by atoms with Crippen molar-refractivity contribution >= 4 is 5.71 Å². The van der Waals surface area contributed by atoms with Crippen molar-refractivity contribution in [2.45, 2.75) is 13.8 Å². The molecule has 0 aliphatic heterocycles. The Morgan fingerprint density at radius 1 is 1.05 bits per heavy atom. The standard InChI is InChI=1S/C12H12N4O3/c1-8(2)14-16-11(18)13-10(17)15(12(16)19)9-6-4-3-5-7-9/h3-7H,1-2H3,(H,13,17,18). The van der Waals surface area contributed by atoms with E-state index in [0.717, 1.165) is 4.57 Å². The van der Waals surface area contributed by atoms with Crippen molar-refractivity contribution in [1.82, 2.24) is 14.2 Å². The molecule has 1 N–H and O–H groups in total. The molecule has 2 rings (SSSR count). The van der Waals surface area contributed by atoms with Gasteiger partial charge in [-0.3, -0.25) is 4.98 Å². The lowest BCUT2D eigenvalue weighted by Crippen LogP contribution is -2.47. The van der Waals surface area contributed by atoms with E-state index in [1.54, 1.807) is 44.2 Å². The zero-order chi connectivity index (χ0) is 14.0. The predicted octanol–water partition coefficient (Wildman–Crippen LogP) is -0.0686. The molecule has 19 heavy (non-hydrogen) atoms. The lowest BCUT2D eigenvalue weighted by atomic mass is 10.3. The molecule has 0 aliphatic carbocycles. The van der Waals surface area contributed by atoms with Gasteiger partial charge in [0.1, 0.15) is 0 Å². The Bertz CT molecular complexity index is 792. The summed E-state index contributed by atoms with van der Waals surface area (Å²) in [5.41, 5.74) is -1.57. The van der Waals surface area contributed by atoms with E-state index in [4.69, 9.17) is 0 Å². The second-order valence-corrected chi connectivity index (χ2v) is 4.05. The minimum Gasteiger partial charge on any atom is -0.257 e. The summed E-state index contributed by atoms with van der Waals surface area (Å²) < 4.78 is 1.48. The van der Waals surface area contributed by atoms with Crippen LogP contribution in [0.25, 0.3) is 5.69 Å². The summed E-state index contributed by atoms with van der Waals surface area (Å²) in [5, 5.41) is 3.80. The lowest BCUT2D eigenvalue weighted by molar-refractivity contribution is 0.646. The highest BCUT2D eigenvalue weighted by Gasteiger charge is 2.10. The molecule has 0 aliphatic rings. The van der Waals surface area contributed by atoms with Gasteiger partial charge in [-0.25, -0.2) is 19.0 Å². The first kappa shape index (κ1) is 12.7. The number of H-pyrrole nitrogens is 1. The van der Waals surface area contributed by atoms with E-state index in [-0.39, 0.29) is 0 Å². The minimum atomic E-state index is -0.858. The van der Waals surface area contributed by atoms with E-state index >= 15 is 0 Å². The van der Waals surface area contributed by atoms with E-state index in [1.807, 2.05) is 0 Å². The van der Waals surface area contributed by atoms with Gasteiger partial charge >= 0.3 is 17.1 Å². The quantitative estimate of drug-likeness (QED) is 0.766. The van der Waals surface area contributed by atoms with Crippen LogP contribution in [0.2, 0.25) is 0 Å². The summed E-state index contributed by atoms with van der Waals surface area (Å²) in [4.78, 5) is 37.5. The smallest absolute Gasteiger partial charge is 0.257 e. The summed E-state index contributed by atoms with van der Waals surface area (Å²) in [6.45, 7) is 3.29. The van der Waals surface area contributed by atoms with Crippen molar-refractivity contribution in [1.29, 1.82) is 0 Å². The summed E-state index contributed by atoms with van der Waals surface area (Å²) in [5.74, 6) is 0. The molecule has 0 atom stereocenters. The van der Waals surface area contributed by atoms with Gasteiger partial charge < -0.3 is 0 Å². The van der Waals surface area contributed by atoms with Crippen LogP contribution in [0.5, 0.6) is 0 Å². The topological polar surface area (TPSA) is 89.2 Å². The van der Waals surface area contributed by atoms with E-state index < -0.39 is 17.1 Å². The highest BCUT2D eigenvalue weighted by Crippen LogP contribution is 1.99. The van der Waals surface area contributed by atoms with Crippen molar-refractivity contribution < 1.29 is 0 Å².